The Labute approximate surface area is 133 Å². The van der Waals surface area contributed by atoms with Crippen LogP contribution >= 0.6 is 15.9 Å². The maximum atomic E-state index is 12.8. The van der Waals surface area contributed by atoms with E-state index in [1.165, 1.54) is 0 Å². The molecule has 1 aromatic carbocycles. The summed E-state index contributed by atoms with van der Waals surface area (Å²) < 4.78 is 3.87. The summed E-state index contributed by atoms with van der Waals surface area (Å²) in [5.41, 5.74) is 1.44. The molecule has 6 nitrogen and oxygen atoms in total. The van der Waals surface area contributed by atoms with E-state index in [1.807, 2.05) is 30.3 Å². The van der Waals surface area contributed by atoms with Crippen molar-refractivity contribution in [2.45, 2.75) is 6.54 Å². The molecule has 0 atom stereocenters. The number of aromatic nitrogens is 5. The Morgan fingerprint density at radius 2 is 1.86 bits per heavy atom. The van der Waals surface area contributed by atoms with Crippen LogP contribution in [-0.2, 0) is 6.54 Å². The van der Waals surface area contributed by atoms with Crippen LogP contribution < -0.4 is 5.56 Å². The first-order valence-electron chi connectivity index (χ1n) is 6.68. The second kappa shape index (κ2) is 5.03. The molecule has 22 heavy (non-hydrogen) atoms. The fourth-order valence-electron chi connectivity index (χ4n) is 2.50. The molecular weight excluding hydrogens is 346 g/mol. The molecule has 0 N–H and O–H groups in total. The standard InChI is InChI=1S/C15H10BrN5O/c16-14-18-19-15-20(9-10-5-2-1-3-6-10)13(22)11-7-4-8-17-12(11)21(14)15/h1-8H,9H2. The molecule has 0 aliphatic carbocycles. The zero-order chi connectivity index (χ0) is 15.1. The first-order chi connectivity index (χ1) is 10.8. The molecule has 0 spiro atoms. The Kier molecular flexibility index (Phi) is 3.00. The topological polar surface area (TPSA) is 65.1 Å². The number of halogens is 1. The second-order valence-corrected chi connectivity index (χ2v) is 5.57. The summed E-state index contributed by atoms with van der Waals surface area (Å²) in [5.74, 6) is 0.465. The van der Waals surface area contributed by atoms with Crippen LogP contribution in [0.1, 0.15) is 5.56 Å². The van der Waals surface area contributed by atoms with Gasteiger partial charge in [-0.1, -0.05) is 30.3 Å². The lowest BCUT2D eigenvalue weighted by Crippen LogP contribution is -2.24. The molecular formula is C15H10BrN5O. The maximum Gasteiger partial charge on any atom is 0.264 e. The van der Waals surface area contributed by atoms with Gasteiger partial charge in [-0.15, -0.1) is 10.2 Å². The Balaban J connectivity index is 2.08. The average molecular weight is 356 g/mol. The Hall–Kier alpha value is -2.54. The number of pyridine rings is 1. The van der Waals surface area contributed by atoms with Gasteiger partial charge in [0.2, 0.25) is 10.5 Å². The van der Waals surface area contributed by atoms with Crippen molar-refractivity contribution in [3.05, 3.63) is 69.3 Å². The van der Waals surface area contributed by atoms with Crippen LogP contribution in [0, 0.1) is 0 Å². The molecule has 0 saturated carbocycles. The van der Waals surface area contributed by atoms with Crippen molar-refractivity contribution in [2.75, 3.05) is 0 Å². The fraction of sp³-hybridized carbons (Fsp3) is 0.0667. The van der Waals surface area contributed by atoms with Crippen LogP contribution in [0.3, 0.4) is 0 Å². The van der Waals surface area contributed by atoms with E-state index in [9.17, 15) is 4.79 Å². The minimum absolute atomic E-state index is 0.126. The molecule has 0 amide bonds. The molecule has 4 aromatic rings. The summed E-state index contributed by atoms with van der Waals surface area (Å²) in [6, 6.07) is 13.3. The molecule has 0 unspecified atom stereocenters. The minimum Gasteiger partial charge on any atom is -0.272 e. The van der Waals surface area contributed by atoms with Crippen LogP contribution in [0.25, 0.3) is 16.8 Å². The molecule has 0 radical (unpaired) electrons. The zero-order valence-electron chi connectivity index (χ0n) is 11.3. The van der Waals surface area contributed by atoms with Gasteiger partial charge >= 0.3 is 0 Å². The van der Waals surface area contributed by atoms with Gasteiger partial charge in [0.1, 0.15) is 0 Å². The molecule has 0 bridgehead atoms. The van der Waals surface area contributed by atoms with Crippen LogP contribution in [0.5, 0.6) is 0 Å². The van der Waals surface area contributed by atoms with E-state index in [2.05, 4.69) is 31.1 Å². The second-order valence-electron chi connectivity index (χ2n) is 4.86. The Morgan fingerprint density at radius 3 is 2.68 bits per heavy atom. The quantitative estimate of drug-likeness (QED) is 0.553. The van der Waals surface area contributed by atoms with E-state index < -0.39 is 0 Å². The van der Waals surface area contributed by atoms with Gasteiger partial charge < -0.3 is 0 Å². The van der Waals surface area contributed by atoms with Crippen molar-refractivity contribution < 1.29 is 0 Å². The predicted octanol–water partition coefficient (Wildman–Crippen LogP) is 2.25. The lowest BCUT2D eigenvalue weighted by atomic mass is 10.2. The third-order valence-electron chi connectivity index (χ3n) is 3.51. The highest BCUT2D eigenvalue weighted by Crippen LogP contribution is 2.16. The van der Waals surface area contributed by atoms with Gasteiger partial charge in [0.25, 0.3) is 5.56 Å². The van der Waals surface area contributed by atoms with Crippen LogP contribution in [0.4, 0.5) is 0 Å². The van der Waals surface area contributed by atoms with Gasteiger partial charge in [0.05, 0.1) is 11.9 Å². The number of rotatable bonds is 2. The number of fused-ring (bicyclic) bond motifs is 3. The van der Waals surface area contributed by atoms with E-state index in [1.54, 1.807) is 27.3 Å². The molecule has 108 valence electrons. The lowest BCUT2D eigenvalue weighted by Gasteiger charge is -2.09. The van der Waals surface area contributed by atoms with Crippen molar-refractivity contribution in [1.82, 2.24) is 24.1 Å². The monoisotopic (exact) mass is 355 g/mol. The van der Waals surface area contributed by atoms with E-state index in [-0.39, 0.29) is 5.56 Å². The lowest BCUT2D eigenvalue weighted by molar-refractivity contribution is 0.764. The number of nitrogens with zero attached hydrogens (tertiary/aromatic N) is 5. The number of benzene rings is 1. The zero-order valence-corrected chi connectivity index (χ0v) is 12.9. The first kappa shape index (κ1) is 13.1. The van der Waals surface area contributed by atoms with Gasteiger partial charge in [0, 0.05) is 6.20 Å². The first-order valence-corrected chi connectivity index (χ1v) is 7.47. The smallest absolute Gasteiger partial charge is 0.264 e. The highest BCUT2D eigenvalue weighted by atomic mass is 79.9. The van der Waals surface area contributed by atoms with Crippen LogP contribution in [0.2, 0.25) is 0 Å². The van der Waals surface area contributed by atoms with Gasteiger partial charge in [-0.2, -0.15) is 0 Å². The molecule has 7 heteroatoms. The van der Waals surface area contributed by atoms with Crippen LogP contribution in [-0.4, -0.2) is 24.1 Å². The summed E-state index contributed by atoms with van der Waals surface area (Å²) in [5, 5.41) is 8.67. The van der Waals surface area contributed by atoms with E-state index in [0.29, 0.717) is 28.1 Å². The summed E-state index contributed by atoms with van der Waals surface area (Å²) in [7, 11) is 0. The molecule has 0 saturated heterocycles. The summed E-state index contributed by atoms with van der Waals surface area (Å²) in [4.78, 5) is 17.1. The highest BCUT2D eigenvalue weighted by molar-refractivity contribution is 9.10. The fourth-order valence-corrected chi connectivity index (χ4v) is 2.91. The highest BCUT2D eigenvalue weighted by Gasteiger charge is 2.16. The number of hydrogen-bond acceptors (Lipinski definition) is 4. The average Bonchev–Trinajstić information content (AvgIpc) is 2.94. The molecule has 0 aliphatic rings. The third kappa shape index (κ3) is 1.93. The van der Waals surface area contributed by atoms with Gasteiger partial charge in [-0.05, 0) is 33.6 Å². The summed E-state index contributed by atoms with van der Waals surface area (Å²) >= 11 is 3.37. The van der Waals surface area contributed by atoms with E-state index >= 15 is 0 Å². The Morgan fingerprint density at radius 1 is 1.05 bits per heavy atom. The molecule has 3 aromatic heterocycles. The van der Waals surface area contributed by atoms with Crippen molar-refractivity contribution in [1.29, 1.82) is 0 Å². The van der Waals surface area contributed by atoms with E-state index in [4.69, 9.17) is 0 Å². The molecule has 4 rings (SSSR count). The van der Waals surface area contributed by atoms with Gasteiger partial charge in [0.15, 0.2) is 5.65 Å². The van der Waals surface area contributed by atoms with Crippen molar-refractivity contribution in [3.8, 4) is 0 Å². The predicted molar refractivity (Wildman–Crippen MR) is 85.8 cm³/mol. The third-order valence-corrected chi connectivity index (χ3v) is 4.02. The van der Waals surface area contributed by atoms with Crippen molar-refractivity contribution in [2.24, 2.45) is 0 Å². The van der Waals surface area contributed by atoms with Gasteiger partial charge in [-0.3, -0.25) is 9.36 Å². The largest absolute Gasteiger partial charge is 0.272 e. The molecule has 0 fully saturated rings. The SMILES string of the molecule is O=c1c2cccnc2n2c(Br)nnc2n1Cc1ccccc1. The summed E-state index contributed by atoms with van der Waals surface area (Å²) in [6.45, 7) is 0.430. The molecule has 3 heterocycles. The minimum atomic E-state index is -0.126. The maximum absolute atomic E-state index is 12.8. The normalized spacial score (nSPS) is 11.3. The van der Waals surface area contributed by atoms with Crippen LogP contribution in [0.15, 0.2) is 58.2 Å². The van der Waals surface area contributed by atoms with E-state index in [0.717, 1.165) is 5.56 Å². The van der Waals surface area contributed by atoms with Gasteiger partial charge in [-0.25, -0.2) is 9.38 Å². The number of hydrogen-bond donors (Lipinski definition) is 0. The van der Waals surface area contributed by atoms with Crippen molar-refractivity contribution >= 4 is 32.7 Å². The van der Waals surface area contributed by atoms with Crippen molar-refractivity contribution in [3.63, 3.8) is 0 Å². The Bertz CT molecular complexity index is 1040. The summed E-state index contributed by atoms with van der Waals surface area (Å²) in [6.07, 6.45) is 1.65. The molecule has 0 aliphatic heterocycles.